The summed E-state index contributed by atoms with van der Waals surface area (Å²) in [4.78, 5) is 14.8. The van der Waals surface area contributed by atoms with Crippen LogP contribution < -0.4 is 10.2 Å². The molecular weight excluding hydrogens is 369 g/mol. The van der Waals surface area contributed by atoms with Gasteiger partial charge in [0.25, 0.3) is 5.91 Å². The molecule has 3 aromatic rings. The van der Waals surface area contributed by atoms with Crippen LogP contribution in [0, 0.1) is 19.7 Å². The lowest BCUT2D eigenvalue weighted by Crippen LogP contribution is -2.15. The first-order valence-electron chi connectivity index (χ1n) is 8.29. The smallest absolute Gasteiger partial charge is 0.261 e. The lowest BCUT2D eigenvalue weighted by molar-refractivity contribution is 0.102. The van der Waals surface area contributed by atoms with E-state index in [1.54, 1.807) is 13.0 Å². The van der Waals surface area contributed by atoms with Crippen molar-refractivity contribution in [3.05, 3.63) is 64.1 Å². The van der Waals surface area contributed by atoms with Crippen LogP contribution in [0.2, 0.25) is 5.02 Å². The van der Waals surface area contributed by atoms with Crippen molar-refractivity contribution in [2.75, 3.05) is 24.3 Å². The van der Waals surface area contributed by atoms with Crippen molar-refractivity contribution in [2.24, 2.45) is 0 Å². The molecule has 7 heteroatoms. The van der Waals surface area contributed by atoms with Crippen LogP contribution in [0.1, 0.15) is 21.7 Å². The number of nitrogens with one attached hydrogen (secondary N) is 1. The molecule has 27 heavy (non-hydrogen) atoms. The molecule has 2 aromatic carbocycles. The van der Waals surface area contributed by atoms with E-state index in [4.69, 9.17) is 16.1 Å². The average Bonchev–Trinajstić information content (AvgIpc) is 2.96. The fraction of sp³-hybridized carbons (Fsp3) is 0.200. The van der Waals surface area contributed by atoms with E-state index in [1.165, 1.54) is 18.2 Å². The van der Waals surface area contributed by atoms with Crippen molar-refractivity contribution < 1.29 is 13.7 Å². The number of benzene rings is 2. The summed E-state index contributed by atoms with van der Waals surface area (Å²) in [5.74, 6) is -0.737. The third-order valence-corrected chi connectivity index (χ3v) is 4.54. The van der Waals surface area contributed by atoms with Crippen molar-refractivity contribution in [3.63, 3.8) is 0 Å². The number of carbonyl (C=O) groups excluding carboxylic acids is 1. The van der Waals surface area contributed by atoms with E-state index >= 15 is 0 Å². The van der Waals surface area contributed by atoms with Crippen LogP contribution in [-0.4, -0.2) is 25.2 Å². The zero-order valence-electron chi connectivity index (χ0n) is 15.4. The number of halogens is 2. The SMILES string of the molecule is Cc1cc(NC(=O)c2c(-c3c(F)cccc3Cl)noc2C)ccc1N(C)C. The molecule has 1 aromatic heterocycles. The van der Waals surface area contributed by atoms with Gasteiger partial charge in [-0.3, -0.25) is 4.79 Å². The fourth-order valence-electron chi connectivity index (χ4n) is 2.96. The molecule has 1 heterocycles. The second-order valence-electron chi connectivity index (χ2n) is 6.41. The predicted octanol–water partition coefficient (Wildman–Crippen LogP) is 5.07. The molecule has 0 aliphatic carbocycles. The van der Waals surface area contributed by atoms with Crippen LogP contribution >= 0.6 is 11.6 Å². The number of rotatable bonds is 4. The minimum absolute atomic E-state index is 0.0419. The van der Waals surface area contributed by atoms with Gasteiger partial charge >= 0.3 is 0 Å². The molecular formula is C20H19ClFN3O2. The molecule has 0 bridgehead atoms. The number of aromatic nitrogens is 1. The quantitative estimate of drug-likeness (QED) is 0.679. The average molecular weight is 388 g/mol. The highest BCUT2D eigenvalue weighted by Crippen LogP contribution is 2.34. The summed E-state index contributed by atoms with van der Waals surface area (Å²) in [7, 11) is 3.90. The summed E-state index contributed by atoms with van der Waals surface area (Å²) in [6.45, 7) is 3.56. The van der Waals surface area contributed by atoms with Gasteiger partial charge in [-0.1, -0.05) is 22.8 Å². The van der Waals surface area contributed by atoms with Crippen molar-refractivity contribution in [2.45, 2.75) is 13.8 Å². The van der Waals surface area contributed by atoms with Gasteiger partial charge in [-0.15, -0.1) is 0 Å². The fourth-order valence-corrected chi connectivity index (χ4v) is 3.22. The Labute approximate surface area is 161 Å². The lowest BCUT2D eigenvalue weighted by Gasteiger charge is -2.16. The highest BCUT2D eigenvalue weighted by Gasteiger charge is 2.25. The third-order valence-electron chi connectivity index (χ3n) is 4.23. The van der Waals surface area contributed by atoms with Crippen LogP contribution in [0.25, 0.3) is 11.3 Å². The Bertz CT molecular complexity index is 994. The molecule has 0 spiro atoms. The zero-order valence-corrected chi connectivity index (χ0v) is 16.2. The molecule has 1 N–H and O–H groups in total. The van der Waals surface area contributed by atoms with E-state index in [2.05, 4.69) is 10.5 Å². The summed E-state index contributed by atoms with van der Waals surface area (Å²) in [6.07, 6.45) is 0. The molecule has 3 rings (SSSR count). The molecule has 0 unspecified atom stereocenters. The Morgan fingerprint density at radius 3 is 2.59 bits per heavy atom. The van der Waals surface area contributed by atoms with Gasteiger partial charge in [0.15, 0.2) is 0 Å². The topological polar surface area (TPSA) is 58.4 Å². The van der Waals surface area contributed by atoms with Gasteiger partial charge in [0.1, 0.15) is 22.8 Å². The summed E-state index contributed by atoms with van der Waals surface area (Å²) < 4.78 is 19.4. The molecule has 0 aliphatic heterocycles. The maximum atomic E-state index is 14.3. The summed E-state index contributed by atoms with van der Waals surface area (Å²) in [6, 6.07) is 9.87. The minimum atomic E-state index is -0.573. The second-order valence-corrected chi connectivity index (χ2v) is 6.82. The van der Waals surface area contributed by atoms with Gasteiger partial charge in [-0.2, -0.15) is 0 Å². The van der Waals surface area contributed by atoms with Gasteiger partial charge < -0.3 is 14.7 Å². The van der Waals surface area contributed by atoms with Crippen molar-refractivity contribution in [3.8, 4) is 11.3 Å². The minimum Gasteiger partial charge on any atom is -0.377 e. The van der Waals surface area contributed by atoms with E-state index in [1.807, 2.05) is 38.1 Å². The molecule has 140 valence electrons. The summed E-state index contributed by atoms with van der Waals surface area (Å²) in [5, 5.41) is 6.83. The molecule has 0 saturated carbocycles. The molecule has 0 saturated heterocycles. The van der Waals surface area contributed by atoms with Crippen LogP contribution in [0.5, 0.6) is 0 Å². The monoisotopic (exact) mass is 387 g/mol. The number of nitrogens with zero attached hydrogens (tertiary/aromatic N) is 2. The highest BCUT2D eigenvalue weighted by molar-refractivity contribution is 6.33. The summed E-state index contributed by atoms with van der Waals surface area (Å²) >= 11 is 6.12. The maximum absolute atomic E-state index is 14.3. The molecule has 0 aliphatic rings. The Balaban J connectivity index is 1.97. The molecule has 1 amide bonds. The number of hydrogen-bond donors (Lipinski definition) is 1. The third kappa shape index (κ3) is 3.66. The number of amides is 1. The van der Waals surface area contributed by atoms with Gasteiger partial charge in [-0.25, -0.2) is 4.39 Å². The normalized spacial score (nSPS) is 10.7. The first-order chi connectivity index (χ1) is 12.8. The first-order valence-corrected chi connectivity index (χ1v) is 8.67. The summed E-state index contributed by atoms with van der Waals surface area (Å²) in [5.41, 5.74) is 2.95. The van der Waals surface area contributed by atoms with Crippen LogP contribution in [0.15, 0.2) is 40.9 Å². The van der Waals surface area contributed by atoms with Crippen molar-refractivity contribution in [1.82, 2.24) is 5.16 Å². The predicted molar refractivity (Wildman–Crippen MR) is 105 cm³/mol. The molecule has 0 atom stereocenters. The van der Waals surface area contributed by atoms with E-state index in [0.717, 1.165) is 11.3 Å². The van der Waals surface area contributed by atoms with Gasteiger partial charge in [-0.05, 0) is 49.7 Å². The van der Waals surface area contributed by atoms with E-state index < -0.39 is 11.7 Å². The van der Waals surface area contributed by atoms with E-state index in [9.17, 15) is 9.18 Å². The largest absolute Gasteiger partial charge is 0.377 e. The Morgan fingerprint density at radius 2 is 1.96 bits per heavy atom. The highest BCUT2D eigenvalue weighted by atomic mass is 35.5. The van der Waals surface area contributed by atoms with Gasteiger partial charge in [0.05, 0.1) is 10.6 Å². The first kappa shape index (κ1) is 18.9. The van der Waals surface area contributed by atoms with Crippen LogP contribution in [0.3, 0.4) is 0 Å². The lowest BCUT2D eigenvalue weighted by atomic mass is 10.0. The van der Waals surface area contributed by atoms with E-state index in [0.29, 0.717) is 5.69 Å². The van der Waals surface area contributed by atoms with Crippen LogP contribution in [0.4, 0.5) is 15.8 Å². The number of hydrogen-bond acceptors (Lipinski definition) is 4. The number of anilines is 2. The Kier molecular flexibility index (Phi) is 5.19. The van der Waals surface area contributed by atoms with Gasteiger partial charge in [0, 0.05) is 25.5 Å². The Morgan fingerprint density at radius 1 is 1.22 bits per heavy atom. The number of aryl methyl sites for hydroxylation is 2. The molecule has 5 nitrogen and oxygen atoms in total. The van der Waals surface area contributed by atoms with Crippen molar-refractivity contribution in [1.29, 1.82) is 0 Å². The Hall–Kier alpha value is -2.86. The molecule has 0 radical (unpaired) electrons. The second kappa shape index (κ2) is 7.40. The standard InChI is InChI=1S/C20H19ClFN3O2/c1-11-10-13(8-9-16(11)25(3)4)23-20(26)17-12(2)27-24-19(17)18-14(21)6-5-7-15(18)22/h5-10H,1-4H3,(H,23,26). The number of carbonyl (C=O) groups is 1. The maximum Gasteiger partial charge on any atom is 0.261 e. The zero-order chi connectivity index (χ0) is 19.7. The molecule has 0 fully saturated rings. The van der Waals surface area contributed by atoms with Gasteiger partial charge in [0.2, 0.25) is 0 Å². The van der Waals surface area contributed by atoms with Crippen molar-refractivity contribution >= 4 is 28.9 Å². The van der Waals surface area contributed by atoms with Crippen LogP contribution in [-0.2, 0) is 0 Å². The van der Waals surface area contributed by atoms with E-state index in [-0.39, 0.29) is 27.6 Å².